The molecule has 1 atom stereocenters. The maximum absolute atomic E-state index is 4.37. The van der Waals surface area contributed by atoms with Gasteiger partial charge in [-0.15, -0.1) is 0 Å². The van der Waals surface area contributed by atoms with Crippen molar-refractivity contribution < 1.29 is 0 Å². The second kappa shape index (κ2) is 3.21. The first-order valence-corrected chi connectivity index (χ1v) is 4.37. The van der Waals surface area contributed by atoms with Crippen LogP contribution in [0.15, 0.2) is 17.3 Å². The molecular weight excluding hydrogens is 134 g/mol. The van der Waals surface area contributed by atoms with E-state index in [1.54, 1.807) is 0 Å². The van der Waals surface area contributed by atoms with Gasteiger partial charge < -0.3 is 0 Å². The van der Waals surface area contributed by atoms with Gasteiger partial charge in [-0.2, -0.15) is 0 Å². The molecule has 62 valence electrons. The normalized spacial score (nSPS) is 23.5. The van der Waals surface area contributed by atoms with Crippen molar-refractivity contribution in [2.45, 2.75) is 27.7 Å². The molecule has 1 unspecified atom stereocenters. The summed E-state index contributed by atoms with van der Waals surface area (Å²) in [6, 6.07) is 0. The second-order valence-electron chi connectivity index (χ2n) is 3.82. The number of hydrogen-bond acceptors (Lipinski definition) is 1. The van der Waals surface area contributed by atoms with Gasteiger partial charge in [-0.05, 0) is 11.8 Å². The molecular formula is C10H17N. The SMILES string of the molecule is CC(C)C1=NC=CC1C(C)C. The summed E-state index contributed by atoms with van der Waals surface area (Å²) in [5.74, 6) is 1.88. The van der Waals surface area contributed by atoms with Gasteiger partial charge in [0.25, 0.3) is 0 Å². The van der Waals surface area contributed by atoms with Crippen molar-refractivity contribution in [2.24, 2.45) is 22.7 Å². The minimum absolute atomic E-state index is 0.593. The zero-order valence-corrected chi connectivity index (χ0v) is 7.83. The molecule has 1 heterocycles. The molecule has 0 N–H and O–H groups in total. The van der Waals surface area contributed by atoms with Gasteiger partial charge in [-0.25, -0.2) is 0 Å². The summed E-state index contributed by atoms with van der Waals surface area (Å²) in [5, 5.41) is 0. The van der Waals surface area contributed by atoms with Gasteiger partial charge in [0.15, 0.2) is 0 Å². The molecule has 0 aliphatic carbocycles. The van der Waals surface area contributed by atoms with Crippen LogP contribution < -0.4 is 0 Å². The van der Waals surface area contributed by atoms with Crippen LogP contribution in [0.25, 0.3) is 0 Å². The highest BCUT2D eigenvalue weighted by molar-refractivity contribution is 5.92. The molecule has 0 radical (unpaired) electrons. The van der Waals surface area contributed by atoms with E-state index >= 15 is 0 Å². The first-order chi connectivity index (χ1) is 5.13. The van der Waals surface area contributed by atoms with E-state index in [-0.39, 0.29) is 0 Å². The van der Waals surface area contributed by atoms with Crippen molar-refractivity contribution in [3.05, 3.63) is 12.3 Å². The molecule has 0 amide bonds. The molecule has 1 aliphatic heterocycles. The fourth-order valence-electron chi connectivity index (χ4n) is 1.50. The van der Waals surface area contributed by atoms with E-state index in [0.717, 1.165) is 0 Å². The summed E-state index contributed by atoms with van der Waals surface area (Å²) in [5.41, 5.74) is 1.35. The first-order valence-electron chi connectivity index (χ1n) is 4.37. The lowest BCUT2D eigenvalue weighted by Crippen LogP contribution is -2.20. The Hall–Kier alpha value is -0.590. The molecule has 0 saturated carbocycles. The monoisotopic (exact) mass is 151 g/mol. The Morgan fingerprint density at radius 2 is 1.91 bits per heavy atom. The number of aliphatic imine (C=N–C) groups is 1. The molecule has 0 aromatic heterocycles. The van der Waals surface area contributed by atoms with E-state index < -0.39 is 0 Å². The van der Waals surface area contributed by atoms with E-state index in [4.69, 9.17) is 0 Å². The number of hydrogen-bond donors (Lipinski definition) is 0. The molecule has 1 nitrogen and oxygen atoms in total. The Morgan fingerprint density at radius 1 is 1.27 bits per heavy atom. The summed E-state index contributed by atoms with van der Waals surface area (Å²) in [4.78, 5) is 4.37. The standard InChI is InChI=1S/C10H17N/c1-7(2)9-5-6-11-10(9)8(3)4/h5-9H,1-4H3. The third-order valence-electron chi connectivity index (χ3n) is 2.17. The fraction of sp³-hybridized carbons (Fsp3) is 0.700. The third kappa shape index (κ3) is 1.70. The van der Waals surface area contributed by atoms with Gasteiger partial charge in [-0.1, -0.05) is 33.8 Å². The van der Waals surface area contributed by atoms with Crippen LogP contribution in [0.5, 0.6) is 0 Å². The van der Waals surface area contributed by atoms with Crippen molar-refractivity contribution in [3.63, 3.8) is 0 Å². The smallest absolute Gasteiger partial charge is 0.0276 e. The van der Waals surface area contributed by atoms with E-state index in [2.05, 4.69) is 38.8 Å². The molecule has 0 saturated heterocycles. The van der Waals surface area contributed by atoms with Crippen molar-refractivity contribution in [3.8, 4) is 0 Å². The Labute approximate surface area is 69.2 Å². The molecule has 0 fully saturated rings. The van der Waals surface area contributed by atoms with Crippen LogP contribution in [0.1, 0.15) is 27.7 Å². The highest BCUT2D eigenvalue weighted by atomic mass is 14.7. The van der Waals surface area contributed by atoms with Crippen molar-refractivity contribution in [1.82, 2.24) is 0 Å². The van der Waals surface area contributed by atoms with Gasteiger partial charge in [0.05, 0.1) is 0 Å². The van der Waals surface area contributed by atoms with Crippen LogP contribution in [0, 0.1) is 17.8 Å². The Balaban J connectivity index is 2.69. The molecule has 0 bridgehead atoms. The van der Waals surface area contributed by atoms with Gasteiger partial charge in [0, 0.05) is 17.8 Å². The Morgan fingerprint density at radius 3 is 2.27 bits per heavy atom. The summed E-state index contributed by atoms with van der Waals surface area (Å²) in [6.45, 7) is 8.92. The predicted octanol–water partition coefficient (Wildman–Crippen LogP) is 2.88. The first kappa shape index (κ1) is 8.51. The van der Waals surface area contributed by atoms with E-state index in [1.165, 1.54) is 5.71 Å². The largest absolute Gasteiger partial charge is 0.265 e. The van der Waals surface area contributed by atoms with Crippen LogP contribution in [0.2, 0.25) is 0 Å². The van der Waals surface area contributed by atoms with Crippen LogP contribution in [-0.4, -0.2) is 5.71 Å². The second-order valence-corrected chi connectivity index (χ2v) is 3.82. The van der Waals surface area contributed by atoms with Gasteiger partial charge in [0.2, 0.25) is 0 Å². The zero-order valence-electron chi connectivity index (χ0n) is 7.83. The van der Waals surface area contributed by atoms with Crippen LogP contribution in [-0.2, 0) is 0 Å². The van der Waals surface area contributed by atoms with E-state index in [1.807, 2.05) is 6.20 Å². The minimum Gasteiger partial charge on any atom is -0.265 e. The number of allylic oxidation sites excluding steroid dienone is 1. The Kier molecular flexibility index (Phi) is 2.48. The fourth-order valence-corrected chi connectivity index (χ4v) is 1.50. The summed E-state index contributed by atoms with van der Waals surface area (Å²) < 4.78 is 0. The average Bonchev–Trinajstić information content (AvgIpc) is 2.32. The predicted molar refractivity (Wildman–Crippen MR) is 49.7 cm³/mol. The van der Waals surface area contributed by atoms with Crippen LogP contribution >= 0.6 is 0 Å². The molecule has 11 heavy (non-hydrogen) atoms. The maximum Gasteiger partial charge on any atom is 0.0276 e. The Bertz CT molecular complexity index is 187. The molecule has 0 aromatic carbocycles. The lowest BCUT2D eigenvalue weighted by atomic mass is 9.87. The van der Waals surface area contributed by atoms with Crippen molar-refractivity contribution in [2.75, 3.05) is 0 Å². The summed E-state index contributed by atoms with van der Waals surface area (Å²) in [7, 11) is 0. The minimum atomic E-state index is 0.593. The topological polar surface area (TPSA) is 12.4 Å². The van der Waals surface area contributed by atoms with Crippen molar-refractivity contribution in [1.29, 1.82) is 0 Å². The van der Waals surface area contributed by atoms with Crippen molar-refractivity contribution >= 4 is 5.71 Å². The average molecular weight is 151 g/mol. The molecule has 0 spiro atoms. The van der Waals surface area contributed by atoms with E-state index in [0.29, 0.717) is 17.8 Å². The molecule has 1 aliphatic rings. The summed E-state index contributed by atoms with van der Waals surface area (Å²) in [6.07, 6.45) is 4.15. The van der Waals surface area contributed by atoms with Gasteiger partial charge >= 0.3 is 0 Å². The molecule has 0 aromatic rings. The lowest BCUT2D eigenvalue weighted by Gasteiger charge is -2.18. The van der Waals surface area contributed by atoms with E-state index in [9.17, 15) is 0 Å². The number of nitrogens with zero attached hydrogens (tertiary/aromatic N) is 1. The molecule has 1 rings (SSSR count). The third-order valence-corrected chi connectivity index (χ3v) is 2.17. The highest BCUT2D eigenvalue weighted by Gasteiger charge is 2.21. The van der Waals surface area contributed by atoms with Gasteiger partial charge in [-0.3, -0.25) is 4.99 Å². The summed E-state index contributed by atoms with van der Waals surface area (Å²) >= 11 is 0. The van der Waals surface area contributed by atoms with Gasteiger partial charge in [0.1, 0.15) is 0 Å². The maximum atomic E-state index is 4.37. The lowest BCUT2D eigenvalue weighted by molar-refractivity contribution is 0.564. The van der Waals surface area contributed by atoms with Crippen LogP contribution in [0.4, 0.5) is 0 Å². The highest BCUT2D eigenvalue weighted by Crippen LogP contribution is 2.23. The number of rotatable bonds is 2. The van der Waals surface area contributed by atoms with Crippen LogP contribution in [0.3, 0.4) is 0 Å². The zero-order chi connectivity index (χ0) is 8.43. The molecule has 1 heteroatoms. The quantitative estimate of drug-likeness (QED) is 0.575.